The third kappa shape index (κ3) is 8.44. The van der Waals surface area contributed by atoms with Crippen molar-refractivity contribution >= 4 is 18.0 Å². The van der Waals surface area contributed by atoms with E-state index in [2.05, 4.69) is 34.3 Å². The van der Waals surface area contributed by atoms with E-state index in [1.165, 1.54) is 5.57 Å². The predicted octanol–water partition coefficient (Wildman–Crippen LogP) is 13.5. The maximum atomic E-state index is 13.8. The summed E-state index contributed by atoms with van der Waals surface area (Å²) >= 11 is -0.376. The number of ether oxygens (including phenoxy) is 1. The van der Waals surface area contributed by atoms with Crippen LogP contribution in [-0.2, 0) is 20.3 Å². The van der Waals surface area contributed by atoms with Crippen LogP contribution in [0.15, 0.2) is 54.3 Å². The number of hydrogen-bond acceptors (Lipinski definition) is 4. The molecule has 0 aliphatic heterocycles. The topological polar surface area (TPSA) is 35.5 Å². The fourth-order valence-electron chi connectivity index (χ4n) is 11.3. The van der Waals surface area contributed by atoms with Crippen LogP contribution in [0.3, 0.4) is 0 Å². The normalized spacial score (nSPS) is 35.3. The first-order valence-electron chi connectivity index (χ1n) is 19.0. The van der Waals surface area contributed by atoms with Gasteiger partial charge in [0.05, 0.1) is 5.41 Å². The summed E-state index contributed by atoms with van der Waals surface area (Å²) in [5.74, 6) is 2.83. The maximum absolute atomic E-state index is 13.8. The van der Waals surface area contributed by atoms with E-state index in [1.54, 1.807) is 0 Å². The SMILES string of the molecule is C=C(C)C.CC.CC.CC1(C)C(OSC(F)(F)F)=CCC2(C)C1CCC1(C)C3CCC4(C(=O)OCc5ccccc5)CCC[C@@H]4C3CCC12. The van der Waals surface area contributed by atoms with E-state index >= 15 is 0 Å². The number of fused-ring (bicyclic) bond motifs is 7. The second-order valence-corrected chi connectivity index (χ2v) is 16.9. The van der Waals surface area contributed by atoms with Crippen LogP contribution in [-0.4, -0.2) is 11.5 Å². The molecular weight excluding hydrogens is 642 g/mol. The van der Waals surface area contributed by atoms with Gasteiger partial charge in [-0.1, -0.05) is 97.7 Å². The average molecular weight is 707 g/mol. The number of esters is 1. The Bertz CT molecular complexity index is 1270. The molecule has 3 nitrogen and oxygen atoms in total. The molecule has 0 N–H and O–H groups in total. The lowest BCUT2D eigenvalue weighted by atomic mass is 9.37. The molecule has 1 aromatic rings. The summed E-state index contributed by atoms with van der Waals surface area (Å²) in [6.45, 7) is 24.9. The molecule has 4 fully saturated rings. The number of hydrogen-bond donors (Lipinski definition) is 0. The minimum atomic E-state index is -4.41. The highest BCUT2D eigenvalue weighted by atomic mass is 32.2. The van der Waals surface area contributed by atoms with Crippen LogP contribution in [0.1, 0.15) is 139 Å². The molecule has 0 aromatic heterocycles. The highest BCUT2D eigenvalue weighted by molar-refractivity contribution is 7.95. The quantitative estimate of drug-likeness (QED) is 0.173. The van der Waals surface area contributed by atoms with Crippen molar-refractivity contribution in [2.45, 2.75) is 146 Å². The van der Waals surface area contributed by atoms with Crippen LogP contribution >= 0.6 is 12.0 Å². The minimum Gasteiger partial charge on any atom is -0.460 e. The minimum absolute atomic E-state index is 0.0219. The second-order valence-electron chi connectivity index (χ2n) is 16.1. The third-order valence-electron chi connectivity index (χ3n) is 12.9. The molecule has 5 aliphatic carbocycles. The molecule has 0 saturated heterocycles. The molecule has 7 heteroatoms. The summed E-state index contributed by atoms with van der Waals surface area (Å²) in [6.07, 6.45) is 12.3. The van der Waals surface area contributed by atoms with Gasteiger partial charge in [-0.25, -0.2) is 0 Å². The van der Waals surface area contributed by atoms with Gasteiger partial charge in [-0.05, 0) is 124 Å². The van der Waals surface area contributed by atoms with Gasteiger partial charge in [0.2, 0.25) is 0 Å². The van der Waals surface area contributed by atoms with Gasteiger partial charge in [0.15, 0.2) is 12.0 Å². The van der Waals surface area contributed by atoms with Crippen LogP contribution in [0, 0.1) is 51.2 Å². The molecular formula is C42H65F3O3S. The number of halogens is 3. The molecule has 1 aromatic carbocycles. The lowest BCUT2D eigenvalue weighted by molar-refractivity contribution is -0.194. The molecule has 8 atom stereocenters. The van der Waals surface area contributed by atoms with E-state index in [0.717, 1.165) is 69.8 Å². The van der Waals surface area contributed by atoms with Crippen molar-refractivity contribution in [2.24, 2.45) is 51.2 Å². The maximum Gasteiger partial charge on any atom is 0.479 e. The molecule has 49 heavy (non-hydrogen) atoms. The molecule has 0 radical (unpaired) electrons. The number of carbonyl (C=O) groups excluding carboxylic acids is 1. The Morgan fingerprint density at radius 1 is 0.857 bits per heavy atom. The summed E-state index contributed by atoms with van der Waals surface area (Å²) in [7, 11) is 0. The van der Waals surface area contributed by atoms with Crippen molar-refractivity contribution in [3.8, 4) is 0 Å². The first-order chi connectivity index (χ1) is 23.0. The first-order valence-corrected chi connectivity index (χ1v) is 19.7. The molecule has 4 saturated carbocycles. The summed E-state index contributed by atoms with van der Waals surface area (Å²) in [5.41, 5.74) is -2.78. The van der Waals surface area contributed by atoms with Crippen molar-refractivity contribution < 1.29 is 26.9 Å². The van der Waals surface area contributed by atoms with Crippen LogP contribution < -0.4 is 0 Å². The monoisotopic (exact) mass is 706 g/mol. The lowest BCUT2D eigenvalue weighted by Gasteiger charge is -2.68. The zero-order valence-electron chi connectivity index (χ0n) is 32.1. The predicted molar refractivity (Wildman–Crippen MR) is 198 cm³/mol. The highest BCUT2D eigenvalue weighted by Crippen LogP contribution is 2.73. The fourth-order valence-corrected chi connectivity index (χ4v) is 11.7. The summed E-state index contributed by atoms with van der Waals surface area (Å²) in [6, 6.07) is 9.97. The standard InChI is InChI=1S/C34H45F3O3S.C4H8.2C2H6/c1-30(2)26-15-18-31(3)24-14-20-33(29(38)39-21-22-9-6-5-7-10-22)17-8-11-25(33)23(24)12-13-27(31)32(26,4)19-16-28(30)40-41-34(35,36)37;1-4(2)3;2*1-2/h5-7,9-10,16,23-27H,8,11-15,17-21H2,1-4H3;1H2,2-3H3;2*1-2H3/t23?,24?,25-,26?,27?,31?,32?,33?;;;/m1.../s1. The van der Waals surface area contributed by atoms with Crippen molar-refractivity contribution in [3.05, 3.63) is 59.9 Å². The van der Waals surface area contributed by atoms with E-state index < -0.39 is 10.9 Å². The van der Waals surface area contributed by atoms with Gasteiger partial charge in [-0.3, -0.25) is 4.79 Å². The molecule has 0 bridgehead atoms. The Morgan fingerprint density at radius 3 is 2.10 bits per heavy atom. The van der Waals surface area contributed by atoms with Crippen LogP contribution in [0.5, 0.6) is 0 Å². The first kappa shape index (κ1) is 41.5. The van der Waals surface area contributed by atoms with E-state index in [9.17, 15) is 18.0 Å². The van der Waals surface area contributed by atoms with Crippen LogP contribution in [0.2, 0.25) is 0 Å². The van der Waals surface area contributed by atoms with E-state index in [1.807, 2.05) is 78.0 Å². The Balaban J connectivity index is 0.000000747. The van der Waals surface area contributed by atoms with Gasteiger partial charge in [-0.2, -0.15) is 13.2 Å². The van der Waals surface area contributed by atoms with Crippen molar-refractivity contribution in [2.75, 3.05) is 0 Å². The zero-order valence-corrected chi connectivity index (χ0v) is 32.9. The highest BCUT2D eigenvalue weighted by Gasteiger charge is 2.67. The van der Waals surface area contributed by atoms with Crippen molar-refractivity contribution in [3.63, 3.8) is 0 Å². The van der Waals surface area contributed by atoms with Crippen LogP contribution in [0.25, 0.3) is 0 Å². The average Bonchev–Trinajstić information content (AvgIpc) is 3.51. The molecule has 0 spiro atoms. The Labute approximate surface area is 300 Å². The Morgan fingerprint density at radius 2 is 1.49 bits per heavy atom. The lowest BCUT2D eigenvalue weighted by Crippen LogP contribution is -2.61. The number of benzene rings is 1. The summed E-state index contributed by atoms with van der Waals surface area (Å²) in [4.78, 5) is 13.8. The zero-order chi connectivity index (χ0) is 36.8. The molecule has 278 valence electrons. The molecule has 0 amide bonds. The van der Waals surface area contributed by atoms with Gasteiger partial charge >= 0.3 is 11.5 Å². The fraction of sp³-hybridized carbons (Fsp3) is 0.738. The number of alkyl halides is 3. The largest absolute Gasteiger partial charge is 0.479 e. The summed E-state index contributed by atoms with van der Waals surface area (Å²) in [5, 5.41) is 0. The smallest absolute Gasteiger partial charge is 0.460 e. The summed E-state index contributed by atoms with van der Waals surface area (Å²) < 4.78 is 50.3. The molecule has 7 unspecified atom stereocenters. The molecule has 6 rings (SSSR count). The van der Waals surface area contributed by atoms with Gasteiger partial charge in [-0.15, -0.1) is 6.58 Å². The van der Waals surface area contributed by atoms with Gasteiger partial charge in [0, 0.05) is 5.41 Å². The van der Waals surface area contributed by atoms with Crippen LogP contribution in [0.4, 0.5) is 13.2 Å². The van der Waals surface area contributed by atoms with Crippen molar-refractivity contribution in [1.29, 1.82) is 0 Å². The van der Waals surface area contributed by atoms with Gasteiger partial charge < -0.3 is 8.92 Å². The third-order valence-corrected chi connectivity index (χ3v) is 13.3. The number of rotatable bonds is 5. The number of allylic oxidation sites excluding steroid dienone is 3. The Hall–Kier alpha value is -1.89. The van der Waals surface area contributed by atoms with Gasteiger partial charge in [0.25, 0.3) is 0 Å². The van der Waals surface area contributed by atoms with Gasteiger partial charge in [0.1, 0.15) is 12.4 Å². The van der Waals surface area contributed by atoms with E-state index in [0.29, 0.717) is 36.0 Å². The van der Waals surface area contributed by atoms with E-state index in [-0.39, 0.29) is 40.2 Å². The molecule has 5 aliphatic rings. The second kappa shape index (κ2) is 16.6. The van der Waals surface area contributed by atoms with E-state index in [4.69, 9.17) is 8.92 Å². The number of carbonyl (C=O) groups is 1. The van der Waals surface area contributed by atoms with Crippen molar-refractivity contribution in [1.82, 2.24) is 0 Å². The molecule has 0 heterocycles. The Kier molecular flexibility index (Phi) is 14.1.